The van der Waals surface area contributed by atoms with Gasteiger partial charge in [-0.3, -0.25) is 4.99 Å². The monoisotopic (exact) mass is 716 g/mol. The summed E-state index contributed by atoms with van der Waals surface area (Å²) in [5, 5.41) is 5.11. The molecule has 0 saturated carbocycles. The molecule has 9 aromatic carbocycles. The maximum atomic E-state index is 4.46. The van der Waals surface area contributed by atoms with E-state index in [2.05, 4.69) is 206 Å². The summed E-state index contributed by atoms with van der Waals surface area (Å²) in [4.78, 5) is 6.86. The highest BCUT2D eigenvalue weighted by atomic mass is 15.1. The lowest BCUT2D eigenvalue weighted by molar-refractivity contribution is 1.22. The fourth-order valence-electron chi connectivity index (χ4n) is 9.11. The van der Waals surface area contributed by atoms with Gasteiger partial charge in [-0.25, -0.2) is 0 Å². The predicted octanol–water partition coefficient (Wildman–Crippen LogP) is 14.8. The van der Waals surface area contributed by atoms with Crippen molar-refractivity contribution in [2.24, 2.45) is 4.99 Å². The molecule has 10 rings (SSSR count). The molecular weight excluding hydrogens is 677 g/mol. The van der Waals surface area contributed by atoms with Crippen molar-refractivity contribution in [1.82, 2.24) is 0 Å². The van der Waals surface area contributed by atoms with Crippen LogP contribution in [0.25, 0.3) is 77.2 Å². The molecule has 0 radical (unpaired) electrons. The van der Waals surface area contributed by atoms with Crippen LogP contribution in [0.3, 0.4) is 0 Å². The van der Waals surface area contributed by atoms with Crippen LogP contribution in [-0.2, 0) is 0 Å². The topological polar surface area (TPSA) is 15.6 Å². The lowest BCUT2D eigenvalue weighted by atomic mass is 9.82. The van der Waals surface area contributed by atoms with Crippen LogP contribution < -0.4 is 4.90 Å². The summed E-state index contributed by atoms with van der Waals surface area (Å²) in [7, 11) is 1.84. The Bertz CT molecular complexity index is 2900. The molecule has 2 heteroatoms. The number of para-hydroxylation sites is 2. The first-order chi connectivity index (χ1) is 27.6. The summed E-state index contributed by atoms with van der Waals surface area (Å²) >= 11 is 0. The van der Waals surface area contributed by atoms with Crippen LogP contribution in [0.5, 0.6) is 0 Å². The van der Waals surface area contributed by atoms with Gasteiger partial charge in [0.1, 0.15) is 0 Å². The smallest absolute Gasteiger partial charge is 0.0578 e. The number of benzene rings is 9. The second kappa shape index (κ2) is 13.7. The molecule has 0 spiro atoms. The number of anilines is 3. The fourth-order valence-corrected chi connectivity index (χ4v) is 9.11. The molecule has 1 aliphatic rings. The first-order valence-corrected chi connectivity index (χ1v) is 19.4. The molecule has 56 heavy (non-hydrogen) atoms. The highest BCUT2D eigenvalue weighted by molar-refractivity contribution is 6.28. The first-order valence-electron chi connectivity index (χ1n) is 19.4. The average Bonchev–Trinajstić information content (AvgIpc) is 3.57. The van der Waals surface area contributed by atoms with Gasteiger partial charge >= 0.3 is 0 Å². The van der Waals surface area contributed by atoms with Crippen molar-refractivity contribution in [3.8, 4) is 55.6 Å². The molecule has 0 fully saturated rings. The van der Waals surface area contributed by atoms with E-state index in [0.717, 1.165) is 22.6 Å². The predicted molar refractivity (Wildman–Crippen MR) is 240 cm³/mol. The maximum Gasteiger partial charge on any atom is 0.0578 e. The SMILES string of the molecule is CN=Cc1cccc(C)c1N(c1cccc(-c2ccc3c4c(cccc24)-c2c-3c(-c3ccccc3)c3ccccc3c2-c2ccccc2)c1)c1ccccc1C. The highest BCUT2D eigenvalue weighted by Gasteiger charge is 2.31. The summed E-state index contributed by atoms with van der Waals surface area (Å²) in [5.41, 5.74) is 19.5. The van der Waals surface area contributed by atoms with E-state index in [0.29, 0.717) is 0 Å². The van der Waals surface area contributed by atoms with Gasteiger partial charge in [0.2, 0.25) is 0 Å². The van der Waals surface area contributed by atoms with Gasteiger partial charge in [0.05, 0.1) is 5.69 Å². The van der Waals surface area contributed by atoms with Crippen molar-refractivity contribution < 1.29 is 0 Å². The van der Waals surface area contributed by atoms with Crippen LogP contribution in [0.2, 0.25) is 0 Å². The molecule has 9 aromatic rings. The van der Waals surface area contributed by atoms with Gasteiger partial charge in [0, 0.05) is 30.2 Å². The molecule has 2 nitrogen and oxygen atoms in total. The summed E-state index contributed by atoms with van der Waals surface area (Å²) in [6, 6.07) is 66.6. The van der Waals surface area contributed by atoms with Crippen LogP contribution in [-0.4, -0.2) is 13.3 Å². The van der Waals surface area contributed by atoms with Crippen LogP contribution in [0.1, 0.15) is 16.7 Å². The van der Waals surface area contributed by atoms with Crippen LogP contribution in [0.15, 0.2) is 187 Å². The second-order valence-electron chi connectivity index (χ2n) is 14.7. The lowest BCUT2D eigenvalue weighted by Gasteiger charge is -2.30. The number of hydrogen-bond acceptors (Lipinski definition) is 2. The molecule has 0 heterocycles. The minimum Gasteiger partial charge on any atom is -0.309 e. The zero-order valence-corrected chi connectivity index (χ0v) is 31.8. The van der Waals surface area contributed by atoms with Crippen molar-refractivity contribution in [2.75, 3.05) is 11.9 Å². The molecule has 266 valence electrons. The third-order valence-electron chi connectivity index (χ3n) is 11.5. The Morgan fingerprint density at radius 3 is 1.64 bits per heavy atom. The summed E-state index contributed by atoms with van der Waals surface area (Å²) < 4.78 is 0. The van der Waals surface area contributed by atoms with Crippen molar-refractivity contribution >= 4 is 44.8 Å². The minimum absolute atomic E-state index is 1.08. The van der Waals surface area contributed by atoms with E-state index in [9.17, 15) is 0 Å². The van der Waals surface area contributed by atoms with Gasteiger partial charge in [0.15, 0.2) is 0 Å². The van der Waals surface area contributed by atoms with Gasteiger partial charge in [-0.15, -0.1) is 0 Å². The number of aryl methyl sites for hydroxylation is 2. The van der Waals surface area contributed by atoms with Crippen LogP contribution in [0, 0.1) is 13.8 Å². The van der Waals surface area contributed by atoms with Crippen LogP contribution in [0.4, 0.5) is 17.1 Å². The first kappa shape index (κ1) is 33.5. The molecule has 0 amide bonds. The van der Waals surface area contributed by atoms with Crippen molar-refractivity contribution in [2.45, 2.75) is 13.8 Å². The number of aliphatic imine (C=N–C) groups is 1. The Hall–Kier alpha value is -7.03. The Morgan fingerprint density at radius 2 is 0.964 bits per heavy atom. The van der Waals surface area contributed by atoms with Gasteiger partial charge < -0.3 is 4.90 Å². The lowest BCUT2D eigenvalue weighted by Crippen LogP contribution is -2.15. The number of nitrogens with zero attached hydrogens (tertiary/aromatic N) is 2. The number of fused-ring (bicyclic) bond motifs is 4. The van der Waals surface area contributed by atoms with Crippen molar-refractivity contribution in [1.29, 1.82) is 0 Å². The van der Waals surface area contributed by atoms with Crippen LogP contribution >= 0.6 is 0 Å². The second-order valence-corrected chi connectivity index (χ2v) is 14.7. The summed E-state index contributed by atoms with van der Waals surface area (Å²) in [5.74, 6) is 0. The number of hydrogen-bond donors (Lipinski definition) is 0. The fraction of sp³-hybridized carbons (Fsp3) is 0.0556. The van der Waals surface area contributed by atoms with Crippen molar-refractivity contribution in [3.63, 3.8) is 0 Å². The largest absolute Gasteiger partial charge is 0.309 e. The zero-order chi connectivity index (χ0) is 37.8. The molecule has 0 saturated heterocycles. The van der Waals surface area contributed by atoms with E-state index in [1.54, 1.807) is 0 Å². The highest BCUT2D eigenvalue weighted by Crippen LogP contribution is 2.58. The van der Waals surface area contributed by atoms with Gasteiger partial charge in [-0.05, 0) is 120 Å². The van der Waals surface area contributed by atoms with Crippen molar-refractivity contribution in [3.05, 3.63) is 199 Å². The molecule has 0 atom stereocenters. The third-order valence-corrected chi connectivity index (χ3v) is 11.5. The Balaban J connectivity index is 1.24. The quantitative estimate of drug-likeness (QED) is 0.150. The Labute approximate surface area is 328 Å². The van der Waals surface area contributed by atoms with E-state index in [4.69, 9.17) is 0 Å². The normalized spacial score (nSPS) is 11.8. The van der Waals surface area contributed by atoms with E-state index >= 15 is 0 Å². The molecule has 0 unspecified atom stereocenters. The van der Waals surface area contributed by atoms with Gasteiger partial charge in [0.25, 0.3) is 0 Å². The zero-order valence-electron chi connectivity index (χ0n) is 31.8. The maximum absolute atomic E-state index is 4.46. The molecule has 0 N–H and O–H groups in total. The summed E-state index contributed by atoms with van der Waals surface area (Å²) in [6.45, 7) is 4.38. The molecule has 0 bridgehead atoms. The molecule has 0 aliphatic heterocycles. The number of rotatable bonds is 7. The van der Waals surface area contributed by atoms with Gasteiger partial charge in [-0.1, -0.05) is 164 Å². The summed E-state index contributed by atoms with van der Waals surface area (Å²) in [6.07, 6.45) is 1.97. The molecule has 0 aromatic heterocycles. The van der Waals surface area contributed by atoms with E-state index in [1.807, 2.05) is 13.3 Å². The van der Waals surface area contributed by atoms with E-state index in [-0.39, 0.29) is 0 Å². The standard InChI is InChI=1S/C54H40N2/c1-35-17-10-13-30-48(35)56(54-36(2)18-14-24-40(54)34-55-3)41-25-15-23-39(33-41)42-31-32-47-51-43(42)28-16-29-46(51)52-49(37-19-6-4-7-20-37)44-26-11-12-27-45(44)50(53(47)52)38-21-8-5-9-22-38/h4-34H,1-3H3. The molecule has 1 aliphatic carbocycles. The van der Waals surface area contributed by atoms with Gasteiger partial charge in [-0.2, -0.15) is 0 Å². The molecular formula is C54H40N2. The van der Waals surface area contributed by atoms with E-state index < -0.39 is 0 Å². The Morgan fingerprint density at radius 1 is 0.429 bits per heavy atom. The Kier molecular flexibility index (Phi) is 8.19. The van der Waals surface area contributed by atoms with E-state index in [1.165, 1.54) is 88.3 Å². The third kappa shape index (κ3) is 5.29. The minimum atomic E-state index is 1.08. The average molecular weight is 717 g/mol.